The van der Waals surface area contributed by atoms with Crippen molar-refractivity contribution in [2.75, 3.05) is 5.32 Å². The smallest absolute Gasteiger partial charge is 0.234 e. The van der Waals surface area contributed by atoms with Crippen LogP contribution in [0.25, 0.3) is 0 Å². The topological polar surface area (TPSA) is 55.1 Å². The standard InChI is InChI=1S/C14H20N2O/c1-4-5-11(15)9-6-7-12-10(8-9)14(2,3)13(17)16-12/h6-8,11H,4-5,15H2,1-3H3,(H,16,17). The van der Waals surface area contributed by atoms with Crippen LogP contribution in [0.4, 0.5) is 5.69 Å². The molecule has 3 N–H and O–H groups in total. The van der Waals surface area contributed by atoms with Crippen LogP contribution >= 0.6 is 0 Å². The molecular weight excluding hydrogens is 212 g/mol. The van der Waals surface area contributed by atoms with Crippen molar-refractivity contribution < 1.29 is 4.79 Å². The van der Waals surface area contributed by atoms with E-state index < -0.39 is 5.41 Å². The van der Waals surface area contributed by atoms with E-state index in [0.29, 0.717) is 0 Å². The molecule has 0 saturated heterocycles. The molecule has 2 rings (SSSR count). The Balaban J connectivity index is 2.39. The highest BCUT2D eigenvalue weighted by Crippen LogP contribution is 2.38. The Labute approximate surface area is 102 Å². The van der Waals surface area contributed by atoms with Crippen molar-refractivity contribution in [3.05, 3.63) is 29.3 Å². The fraction of sp³-hybridized carbons (Fsp3) is 0.500. The predicted octanol–water partition coefficient (Wildman–Crippen LogP) is 2.72. The summed E-state index contributed by atoms with van der Waals surface area (Å²) in [6, 6.07) is 6.12. The molecule has 0 aromatic heterocycles. The van der Waals surface area contributed by atoms with E-state index in [1.54, 1.807) is 0 Å². The van der Waals surface area contributed by atoms with Gasteiger partial charge in [0.05, 0.1) is 5.41 Å². The second kappa shape index (κ2) is 4.15. The first-order valence-corrected chi connectivity index (χ1v) is 6.18. The number of anilines is 1. The molecule has 92 valence electrons. The lowest BCUT2D eigenvalue weighted by Crippen LogP contribution is -2.27. The lowest BCUT2D eigenvalue weighted by Gasteiger charge is -2.17. The monoisotopic (exact) mass is 232 g/mol. The Bertz CT molecular complexity index is 452. The highest BCUT2D eigenvalue weighted by atomic mass is 16.2. The van der Waals surface area contributed by atoms with Gasteiger partial charge in [0.1, 0.15) is 0 Å². The van der Waals surface area contributed by atoms with Gasteiger partial charge >= 0.3 is 0 Å². The molecule has 1 aliphatic heterocycles. The second-order valence-corrected chi connectivity index (χ2v) is 5.28. The minimum absolute atomic E-state index is 0.0636. The summed E-state index contributed by atoms with van der Waals surface area (Å²) in [5.41, 5.74) is 8.78. The first kappa shape index (κ1) is 12.1. The zero-order valence-corrected chi connectivity index (χ0v) is 10.7. The highest BCUT2D eigenvalue weighted by Gasteiger charge is 2.38. The SMILES string of the molecule is CCCC(N)c1ccc2c(c1)C(C)(C)C(=O)N2. The molecule has 1 aromatic rings. The van der Waals surface area contributed by atoms with Crippen LogP contribution in [0.3, 0.4) is 0 Å². The minimum atomic E-state index is -0.447. The molecule has 0 spiro atoms. The summed E-state index contributed by atoms with van der Waals surface area (Å²) in [5.74, 6) is 0.0636. The van der Waals surface area contributed by atoms with Crippen LogP contribution in [-0.4, -0.2) is 5.91 Å². The van der Waals surface area contributed by atoms with E-state index in [1.807, 2.05) is 26.0 Å². The van der Waals surface area contributed by atoms with Gasteiger partial charge in [-0.05, 0) is 37.5 Å². The average Bonchev–Trinajstić information content (AvgIpc) is 2.50. The molecule has 0 fully saturated rings. The van der Waals surface area contributed by atoms with Gasteiger partial charge in [-0.1, -0.05) is 25.5 Å². The normalized spacial score (nSPS) is 18.7. The van der Waals surface area contributed by atoms with Gasteiger partial charge in [0.15, 0.2) is 0 Å². The first-order chi connectivity index (χ1) is 7.96. The van der Waals surface area contributed by atoms with Crippen LogP contribution in [0.5, 0.6) is 0 Å². The largest absolute Gasteiger partial charge is 0.325 e. The van der Waals surface area contributed by atoms with Crippen molar-refractivity contribution in [3.8, 4) is 0 Å². The lowest BCUT2D eigenvalue weighted by molar-refractivity contribution is -0.119. The van der Waals surface area contributed by atoms with Gasteiger partial charge in [-0.3, -0.25) is 4.79 Å². The first-order valence-electron chi connectivity index (χ1n) is 6.18. The molecule has 0 aliphatic carbocycles. The van der Waals surface area contributed by atoms with E-state index in [2.05, 4.69) is 18.3 Å². The van der Waals surface area contributed by atoms with Crippen LogP contribution in [0.15, 0.2) is 18.2 Å². The van der Waals surface area contributed by atoms with E-state index in [-0.39, 0.29) is 11.9 Å². The van der Waals surface area contributed by atoms with Crippen LogP contribution < -0.4 is 11.1 Å². The average molecular weight is 232 g/mol. The molecule has 3 nitrogen and oxygen atoms in total. The van der Waals surface area contributed by atoms with Crippen LogP contribution in [0.2, 0.25) is 0 Å². The number of fused-ring (bicyclic) bond motifs is 1. The molecule has 3 heteroatoms. The van der Waals surface area contributed by atoms with Gasteiger partial charge in [-0.15, -0.1) is 0 Å². The Morgan fingerprint density at radius 2 is 2.12 bits per heavy atom. The molecule has 1 heterocycles. The van der Waals surface area contributed by atoms with Crippen LogP contribution in [-0.2, 0) is 10.2 Å². The number of amides is 1. The van der Waals surface area contributed by atoms with Crippen LogP contribution in [0, 0.1) is 0 Å². The van der Waals surface area contributed by atoms with Gasteiger partial charge in [-0.25, -0.2) is 0 Å². The zero-order chi connectivity index (χ0) is 12.6. The number of carbonyl (C=O) groups is 1. The van der Waals surface area contributed by atoms with E-state index in [9.17, 15) is 4.79 Å². The fourth-order valence-electron chi connectivity index (χ4n) is 2.30. The van der Waals surface area contributed by atoms with E-state index >= 15 is 0 Å². The Kier molecular flexibility index (Phi) is 2.96. The minimum Gasteiger partial charge on any atom is -0.325 e. The maximum absolute atomic E-state index is 11.8. The van der Waals surface area contributed by atoms with Crippen molar-refractivity contribution in [2.45, 2.75) is 45.1 Å². The molecule has 1 atom stereocenters. The van der Waals surface area contributed by atoms with Gasteiger partial charge < -0.3 is 11.1 Å². The number of rotatable bonds is 3. The summed E-state index contributed by atoms with van der Waals surface area (Å²) in [5, 5.41) is 2.91. The number of benzene rings is 1. The Morgan fingerprint density at radius 3 is 2.76 bits per heavy atom. The molecule has 0 bridgehead atoms. The maximum Gasteiger partial charge on any atom is 0.234 e. The van der Waals surface area contributed by atoms with Crippen LogP contribution in [0.1, 0.15) is 50.8 Å². The van der Waals surface area contributed by atoms with E-state index in [0.717, 1.165) is 29.7 Å². The molecule has 1 unspecified atom stereocenters. The summed E-state index contributed by atoms with van der Waals surface area (Å²) in [7, 11) is 0. The summed E-state index contributed by atoms with van der Waals surface area (Å²) < 4.78 is 0. The Morgan fingerprint density at radius 1 is 1.41 bits per heavy atom. The van der Waals surface area contributed by atoms with Crippen molar-refractivity contribution in [2.24, 2.45) is 5.73 Å². The molecule has 0 saturated carbocycles. The Hall–Kier alpha value is -1.35. The summed E-state index contributed by atoms with van der Waals surface area (Å²) in [6.45, 7) is 6.02. The number of hydrogen-bond acceptors (Lipinski definition) is 2. The third-order valence-corrected chi connectivity index (χ3v) is 3.56. The quantitative estimate of drug-likeness (QED) is 0.842. The van der Waals surface area contributed by atoms with E-state index in [1.165, 1.54) is 0 Å². The second-order valence-electron chi connectivity index (χ2n) is 5.28. The molecular formula is C14H20N2O. The molecule has 17 heavy (non-hydrogen) atoms. The van der Waals surface area contributed by atoms with Gasteiger partial charge in [0.25, 0.3) is 0 Å². The summed E-state index contributed by atoms with van der Waals surface area (Å²) in [4.78, 5) is 11.8. The van der Waals surface area contributed by atoms with E-state index in [4.69, 9.17) is 5.73 Å². The molecule has 0 radical (unpaired) electrons. The lowest BCUT2D eigenvalue weighted by atomic mass is 9.84. The number of hydrogen-bond donors (Lipinski definition) is 2. The molecule has 1 aromatic carbocycles. The third-order valence-electron chi connectivity index (χ3n) is 3.56. The number of nitrogens with two attached hydrogens (primary N) is 1. The third kappa shape index (κ3) is 1.95. The number of nitrogens with one attached hydrogen (secondary N) is 1. The van der Waals surface area contributed by atoms with Gasteiger partial charge in [0.2, 0.25) is 5.91 Å². The van der Waals surface area contributed by atoms with Crippen molar-refractivity contribution >= 4 is 11.6 Å². The van der Waals surface area contributed by atoms with Crippen molar-refractivity contribution in [1.82, 2.24) is 0 Å². The maximum atomic E-state index is 11.8. The fourth-order valence-corrected chi connectivity index (χ4v) is 2.30. The summed E-state index contributed by atoms with van der Waals surface area (Å²) >= 11 is 0. The summed E-state index contributed by atoms with van der Waals surface area (Å²) in [6.07, 6.45) is 2.04. The van der Waals surface area contributed by atoms with Gasteiger partial charge in [0, 0.05) is 11.7 Å². The van der Waals surface area contributed by atoms with Crippen molar-refractivity contribution in [3.63, 3.8) is 0 Å². The molecule has 1 aliphatic rings. The zero-order valence-electron chi connectivity index (χ0n) is 10.7. The highest BCUT2D eigenvalue weighted by molar-refractivity contribution is 6.05. The molecule has 1 amide bonds. The van der Waals surface area contributed by atoms with Gasteiger partial charge in [-0.2, -0.15) is 0 Å². The number of carbonyl (C=O) groups excluding carboxylic acids is 1. The predicted molar refractivity (Wildman–Crippen MR) is 69.9 cm³/mol. The van der Waals surface area contributed by atoms with Crippen molar-refractivity contribution in [1.29, 1.82) is 0 Å².